The summed E-state index contributed by atoms with van der Waals surface area (Å²) < 4.78 is 5.19. The molecule has 1 fully saturated rings. The van der Waals surface area contributed by atoms with Gasteiger partial charge >= 0.3 is 6.09 Å². The van der Waals surface area contributed by atoms with Crippen LogP contribution in [-0.4, -0.2) is 17.7 Å². The lowest BCUT2D eigenvalue weighted by Crippen LogP contribution is -2.39. The number of hydrogen-bond acceptors (Lipinski definition) is 2. The fourth-order valence-corrected chi connectivity index (χ4v) is 2.40. The summed E-state index contributed by atoms with van der Waals surface area (Å²) in [6, 6.07) is 0.332. The minimum Gasteiger partial charge on any atom is -0.444 e. The van der Waals surface area contributed by atoms with Crippen molar-refractivity contribution in [1.29, 1.82) is 0 Å². The molecule has 160 valence electrons. The van der Waals surface area contributed by atoms with E-state index >= 15 is 0 Å². The van der Waals surface area contributed by atoms with Crippen molar-refractivity contribution in [2.45, 2.75) is 145 Å². The molecule has 0 saturated heterocycles. The molecule has 0 aromatic carbocycles. The van der Waals surface area contributed by atoms with Gasteiger partial charge in [0.05, 0.1) is 0 Å². The molecule has 0 bridgehead atoms. The van der Waals surface area contributed by atoms with Crippen LogP contribution in [0.25, 0.3) is 0 Å². The zero-order valence-electron chi connectivity index (χ0n) is 19.7. The zero-order chi connectivity index (χ0) is 20.8. The van der Waals surface area contributed by atoms with Gasteiger partial charge in [0.25, 0.3) is 0 Å². The molecule has 0 aliphatic heterocycles. The summed E-state index contributed by atoms with van der Waals surface area (Å²) in [6.07, 6.45) is 13.9. The average Bonchev–Trinajstić information content (AvgIpc) is 2.58. The molecule has 1 aliphatic rings. The van der Waals surface area contributed by atoms with E-state index in [1.807, 2.05) is 34.6 Å². The highest BCUT2D eigenvalue weighted by molar-refractivity contribution is 5.68. The predicted molar refractivity (Wildman–Crippen MR) is 118 cm³/mol. The minimum absolute atomic E-state index is 0.274. The average molecular weight is 374 g/mol. The van der Waals surface area contributed by atoms with Gasteiger partial charge in [-0.1, -0.05) is 99.3 Å². The number of hydrogen-bond donors (Lipinski definition) is 1. The van der Waals surface area contributed by atoms with Crippen molar-refractivity contribution < 1.29 is 9.53 Å². The van der Waals surface area contributed by atoms with E-state index in [0.717, 1.165) is 12.8 Å². The van der Waals surface area contributed by atoms with Crippen LogP contribution in [0.3, 0.4) is 0 Å². The second-order valence-corrected chi connectivity index (χ2v) is 7.75. The Kier molecular flexibility index (Phi) is 25.8. The molecule has 3 nitrogen and oxygen atoms in total. The number of ether oxygens (including phenoxy) is 1. The molecule has 26 heavy (non-hydrogen) atoms. The van der Waals surface area contributed by atoms with Crippen LogP contribution in [0.5, 0.6) is 0 Å². The Balaban J connectivity index is -0.000000371. The Bertz CT molecular complexity index is 262. The van der Waals surface area contributed by atoms with E-state index in [1.54, 1.807) is 0 Å². The number of carbonyl (C=O) groups is 1. The van der Waals surface area contributed by atoms with E-state index in [0.29, 0.717) is 6.04 Å². The summed E-state index contributed by atoms with van der Waals surface area (Å²) in [5, 5.41) is 2.91. The second-order valence-electron chi connectivity index (χ2n) is 7.75. The highest BCUT2D eigenvalue weighted by Crippen LogP contribution is 2.18. The van der Waals surface area contributed by atoms with Crippen molar-refractivity contribution >= 4 is 6.09 Å². The van der Waals surface area contributed by atoms with Crippen LogP contribution in [0.15, 0.2) is 0 Å². The molecule has 0 aromatic rings. The van der Waals surface area contributed by atoms with Crippen molar-refractivity contribution in [2.75, 3.05) is 0 Å². The molecule has 0 spiro atoms. The van der Waals surface area contributed by atoms with Crippen LogP contribution in [0.4, 0.5) is 4.79 Å². The molecule has 3 heteroatoms. The van der Waals surface area contributed by atoms with E-state index in [9.17, 15) is 4.79 Å². The third-order valence-electron chi connectivity index (χ3n) is 3.53. The van der Waals surface area contributed by atoms with Gasteiger partial charge in [0.1, 0.15) is 5.60 Å². The maximum atomic E-state index is 11.4. The van der Waals surface area contributed by atoms with Gasteiger partial charge in [-0.3, -0.25) is 0 Å². The Morgan fingerprint density at radius 3 is 1.65 bits per heavy atom. The van der Waals surface area contributed by atoms with Gasteiger partial charge in [-0.05, 0) is 33.6 Å². The molecule has 0 atom stereocenters. The molecule has 0 radical (unpaired) electrons. The van der Waals surface area contributed by atoms with Crippen molar-refractivity contribution in [3.8, 4) is 0 Å². The van der Waals surface area contributed by atoms with Crippen molar-refractivity contribution in [1.82, 2.24) is 5.32 Å². The third-order valence-corrected chi connectivity index (χ3v) is 3.53. The predicted octanol–water partition coefficient (Wildman–Crippen LogP) is 8.26. The topological polar surface area (TPSA) is 38.3 Å². The maximum Gasteiger partial charge on any atom is 0.407 e. The zero-order valence-corrected chi connectivity index (χ0v) is 19.7. The molecule has 1 amide bonds. The lowest BCUT2D eigenvalue weighted by Gasteiger charge is -2.25. The summed E-state index contributed by atoms with van der Waals surface area (Å²) in [6.45, 7) is 18.4. The molecule has 0 aromatic heterocycles. The number of unbranched alkanes of at least 4 members (excludes halogenated alkanes) is 4. The highest BCUT2D eigenvalue weighted by Gasteiger charge is 2.20. The van der Waals surface area contributed by atoms with Crippen LogP contribution in [0.2, 0.25) is 0 Å². The van der Waals surface area contributed by atoms with Crippen LogP contribution in [0.1, 0.15) is 133 Å². The Morgan fingerprint density at radius 1 is 0.885 bits per heavy atom. The van der Waals surface area contributed by atoms with Crippen molar-refractivity contribution in [3.05, 3.63) is 0 Å². The van der Waals surface area contributed by atoms with Gasteiger partial charge in [-0.2, -0.15) is 0 Å². The number of carbonyl (C=O) groups excluding carboxylic acids is 1. The SMILES string of the molecule is CC.CC(C)(C)OC(=O)NC1CCCCC1.CCC.CCCCCCC. The van der Waals surface area contributed by atoms with Gasteiger partial charge in [0.2, 0.25) is 0 Å². The Morgan fingerprint density at radius 2 is 1.31 bits per heavy atom. The van der Waals surface area contributed by atoms with Gasteiger partial charge < -0.3 is 10.1 Å². The normalized spacial score (nSPS) is 13.7. The smallest absolute Gasteiger partial charge is 0.407 e. The van der Waals surface area contributed by atoms with Gasteiger partial charge in [0.15, 0.2) is 0 Å². The van der Waals surface area contributed by atoms with Crippen molar-refractivity contribution in [3.63, 3.8) is 0 Å². The minimum atomic E-state index is -0.390. The number of alkyl carbamates (subject to hydrolysis) is 1. The maximum absolute atomic E-state index is 11.4. The van der Waals surface area contributed by atoms with E-state index < -0.39 is 5.60 Å². The van der Waals surface area contributed by atoms with Gasteiger partial charge in [-0.15, -0.1) is 0 Å². The van der Waals surface area contributed by atoms with Gasteiger partial charge in [-0.25, -0.2) is 4.79 Å². The quantitative estimate of drug-likeness (QED) is 0.492. The fraction of sp³-hybridized carbons (Fsp3) is 0.957. The van der Waals surface area contributed by atoms with E-state index in [4.69, 9.17) is 4.74 Å². The molecular formula is C23H51NO2. The Labute approximate surface area is 166 Å². The fourth-order valence-electron chi connectivity index (χ4n) is 2.40. The summed E-state index contributed by atoms with van der Waals surface area (Å²) in [7, 11) is 0. The van der Waals surface area contributed by atoms with Gasteiger partial charge in [0, 0.05) is 6.04 Å². The summed E-state index contributed by atoms with van der Waals surface area (Å²) in [5.41, 5.74) is -0.390. The molecular weight excluding hydrogens is 322 g/mol. The first-order chi connectivity index (χ1) is 12.3. The summed E-state index contributed by atoms with van der Waals surface area (Å²) in [4.78, 5) is 11.4. The Hall–Kier alpha value is -0.730. The first-order valence-corrected chi connectivity index (χ1v) is 11.3. The van der Waals surface area contributed by atoms with Crippen LogP contribution in [-0.2, 0) is 4.74 Å². The lowest BCUT2D eigenvalue weighted by atomic mass is 9.96. The lowest BCUT2D eigenvalue weighted by molar-refractivity contribution is 0.0493. The molecule has 0 unspecified atom stereocenters. The number of nitrogens with one attached hydrogen (secondary N) is 1. The highest BCUT2D eigenvalue weighted by atomic mass is 16.6. The van der Waals surface area contributed by atoms with Crippen LogP contribution < -0.4 is 5.32 Å². The van der Waals surface area contributed by atoms with Crippen molar-refractivity contribution in [2.24, 2.45) is 0 Å². The summed E-state index contributed by atoms with van der Waals surface area (Å²) >= 11 is 0. The second kappa shape index (κ2) is 22.3. The largest absolute Gasteiger partial charge is 0.444 e. The third kappa shape index (κ3) is 28.1. The standard InChI is InChI=1S/C11H21NO2.C7H16.C3H8.C2H6/c1-11(2,3)14-10(13)12-9-7-5-4-6-8-9;1-3-5-7-6-4-2;1-3-2;1-2/h9H,4-8H2,1-3H3,(H,12,13);3-7H2,1-2H3;3H2,1-2H3;1-2H3. The molecule has 1 N–H and O–H groups in total. The number of amides is 1. The van der Waals surface area contributed by atoms with E-state index in [1.165, 1.54) is 57.8 Å². The first-order valence-electron chi connectivity index (χ1n) is 11.3. The van der Waals surface area contributed by atoms with E-state index in [2.05, 4.69) is 33.0 Å². The summed E-state index contributed by atoms with van der Waals surface area (Å²) in [5.74, 6) is 0. The van der Waals surface area contributed by atoms with Crippen LogP contribution >= 0.6 is 0 Å². The molecule has 0 heterocycles. The van der Waals surface area contributed by atoms with Crippen LogP contribution in [0, 0.1) is 0 Å². The first kappa shape index (κ1) is 30.0. The monoisotopic (exact) mass is 373 g/mol. The molecule has 1 aliphatic carbocycles. The van der Waals surface area contributed by atoms with E-state index in [-0.39, 0.29) is 6.09 Å². The molecule has 1 rings (SSSR count). The number of rotatable bonds is 5. The molecule has 1 saturated carbocycles.